The molecule has 1 aromatic heterocycles. The van der Waals surface area contributed by atoms with Crippen molar-refractivity contribution >= 4 is 10.1 Å². The summed E-state index contributed by atoms with van der Waals surface area (Å²) in [5.41, 5.74) is 1.69. The predicted molar refractivity (Wildman–Crippen MR) is 69.8 cm³/mol. The first-order valence-electron chi connectivity index (χ1n) is 5.73. The van der Waals surface area contributed by atoms with Crippen LogP contribution in [0.4, 0.5) is 0 Å². The molecule has 2 aromatic rings. The van der Waals surface area contributed by atoms with Gasteiger partial charge >= 0.3 is 0 Å². The molecular formula is C13H15NO4S. The second-order valence-electron chi connectivity index (χ2n) is 4.21. The Kier molecular flexibility index (Phi) is 4.04. The van der Waals surface area contributed by atoms with Crippen molar-refractivity contribution in [2.24, 2.45) is 0 Å². The molecule has 0 spiro atoms. The first kappa shape index (κ1) is 13.8. The minimum Gasteiger partial charge on any atom is -0.392 e. The molecule has 5 nitrogen and oxygen atoms in total. The molecule has 0 amide bonds. The number of aromatic nitrogens is 1. The van der Waals surface area contributed by atoms with E-state index in [9.17, 15) is 8.42 Å². The topological polar surface area (TPSA) is 68.5 Å². The molecule has 102 valence electrons. The highest BCUT2D eigenvalue weighted by molar-refractivity contribution is 7.86. The lowest BCUT2D eigenvalue weighted by Crippen LogP contribution is -2.09. The van der Waals surface area contributed by atoms with Crippen LogP contribution in [0.1, 0.15) is 11.1 Å². The van der Waals surface area contributed by atoms with Crippen LogP contribution >= 0.6 is 0 Å². The van der Waals surface area contributed by atoms with E-state index < -0.39 is 10.1 Å². The molecule has 0 unspecified atom stereocenters. The van der Waals surface area contributed by atoms with E-state index in [1.807, 2.05) is 6.92 Å². The van der Waals surface area contributed by atoms with E-state index in [4.69, 9.17) is 9.29 Å². The van der Waals surface area contributed by atoms with Crippen molar-refractivity contribution in [2.45, 2.75) is 25.2 Å². The van der Waals surface area contributed by atoms with Crippen molar-refractivity contribution < 1.29 is 17.7 Å². The van der Waals surface area contributed by atoms with Gasteiger partial charge in [0.15, 0.2) is 0 Å². The Hall–Kier alpha value is -1.63. The number of aryl methyl sites for hydroxylation is 1. The molecular weight excluding hydrogens is 266 g/mol. The third kappa shape index (κ3) is 3.44. The summed E-state index contributed by atoms with van der Waals surface area (Å²) in [6, 6.07) is 8.16. The highest BCUT2D eigenvalue weighted by Crippen LogP contribution is 2.14. The van der Waals surface area contributed by atoms with Gasteiger partial charge in [-0.2, -0.15) is 8.42 Å². The van der Waals surface area contributed by atoms with E-state index in [2.05, 4.69) is 0 Å². The van der Waals surface area contributed by atoms with Crippen molar-refractivity contribution in [1.82, 2.24) is 4.57 Å². The van der Waals surface area contributed by atoms with Gasteiger partial charge in [0.2, 0.25) is 0 Å². The van der Waals surface area contributed by atoms with E-state index in [-0.39, 0.29) is 18.2 Å². The van der Waals surface area contributed by atoms with Crippen LogP contribution in [0.2, 0.25) is 0 Å². The monoisotopic (exact) mass is 281 g/mol. The molecule has 0 saturated heterocycles. The Morgan fingerprint density at radius 3 is 2.47 bits per heavy atom. The van der Waals surface area contributed by atoms with Crippen molar-refractivity contribution in [1.29, 1.82) is 0 Å². The number of nitrogens with zero attached hydrogens (tertiary/aromatic N) is 1. The van der Waals surface area contributed by atoms with Gasteiger partial charge in [-0.25, -0.2) is 4.18 Å². The Balaban J connectivity index is 2.07. The maximum Gasteiger partial charge on any atom is 0.298 e. The van der Waals surface area contributed by atoms with Gasteiger partial charge in [-0.1, -0.05) is 17.7 Å². The molecule has 0 radical (unpaired) electrons. The van der Waals surface area contributed by atoms with E-state index in [0.717, 1.165) is 5.56 Å². The molecule has 0 aliphatic heterocycles. The minimum absolute atomic E-state index is 0.0856. The number of aliphatic hydroxyl groups is 1. The molecule has 0 aliphatic rings. The molecule has 2 rings (SSSR count). The number of hydrogen-bond donors (Lipinski definition) is 1. The van der Waals surface area contributed by atoms with Gasteiger partial charge in [0.05, 0.1) is 11.5 Å². The molecule has 19 heavy (non-hydrogen) atoms. The van der Waals surface area contributed by atoms with Gasteiger partial charge in [0.25, 0.3) is 10.1 Å². The average molecular weight is 281 g/mol. The van der Waals surface area contributed by atoms with E-state index in [1.54, 1.807) is 35.2 Å². The molecule has 1 heterocycles. The molecule has 0 aliphatic carbocycles. The number of benzene rings is 1. The molecule has 1 aromatic carbocycles. The van der Waals surface area contributed by atoms with E-state index >= 15 is 0 Å². The summed E-state index contributed by atoms with van der Waals surface area (Å²) in [5, 5.41) is 8.91. The molecule has 6 heteroatoms. The third-order valence-corrected chi connectivity index (χ3v) is 3.93. The quantitative estimate of drug-likeness (QED) is 0.846. The summed E-state index contributed by atoms with van der Waals surface area (Å²) in [6.07, 6.45) is 3.28. The summed E-state index contributed by atoms with van der Waals surface area (Å²) < 4.78 is 30.3. The number of aliphatic hydroxyl groups excluding tert-OH is 1. The van der Waals surface area contributed by atoms with Crippen LogP contribution in [0.5, 0.6) is 0 Å². The molecule has 0 fully saturated rings. The summed E-state index contributed by atoms with van der Waals surface area (Å²) in [6.45, 7) is 1.68. The SMILES string of the molecule is Cc1ccc(S(=O)(=O)OCn2ccc(CO)c2)cc1. The van der Waals surface area contributed by atoms with Crippen LogP contribution in [0.3, 0.4) is 0 Å². The van der Waals surface area contributed by atoms with E-state index in [1.165, 1.54) is 12.1 Å². The second-order valence-corrected chi connectivity index (χ2v) is 5.82. The van der Waals surface area contributed by atoms with Crippen LogP contribution < -0.4 is 0 Å². The maximum atomic E-state index is 11.9. The fraction of sp³-hybridized carbons (Fsp3) is 0.231. The van der Waals surface area contributed by atoms with Crippen LogP contribution in [0.25, 0.3) is 0 Å². The summed E-state index contributed by atoms with van der Waals surface area (Å²) in [7, 11) is -3.76. The Morgan fingerprint density at radius 1 is 1.21 bits per heavy atom. The van der Waals surface area contributed by atoms with Crippen LogP contribution in [0, 0.1) is 6.92 Å². The lowest BCUT2D eigenvalue weighted by molar-refractivity contribution is 0.242. The lowest BCUT2D eigenvalue weighted by Gasteiger charge is -2.06. The molecule has 1 N–H and O–H groups in total. The summed E-state index contributed by atoms with van der Waals surface area (Å²) in [4.78, 5) is 0.132. The van der Waals surface area contributed by atoms with Gasteiger partial charge in [0, 0.05) is 12.4 Å². The van der Waals surface area contributed by atoms with Crippen LogP contribution in [0.15, 0.2) is 47.6 Å². The predicted octanol–water partition coefficient (Wildman–Crippen LogP) is 1.65. The van der Waals surface area contributed by atoms with Crippen LogP contribution in [-0.2, 0) is 27.6 Å². The average Bonchev–Trinajstić information content (AvgIpc) is 2.85. The van der Waals surface area contributed by atoms with Crippen molar-refractivity contribution in [3.63, 3.8) is 0 Å². The molecule has 0 saturated carbocycles. The number of hydrogen-bond acceptors (Lipinski definition) is 4. The molecule has 0 bridgehead atoms. The zero-order chi connectivity index (χ0) is 13.9. The normalized spacial score (nSPS) is 11.7. The van der Waals surface area contributed by atoms with Gasteiger partial charge in [-0.05, 0) is 30.7 Å². The van der Waals surface area contributed by atoms with Gasteiger partial charge in [0.1, 0.15) is 6.73 Å². The standard InChI is InChI=1S/C13H15NO4S/c1-11-2-4-13(5-3-11)19(16,17)18-10-14-7-6-12(8-14)9-15/h2-8,15H,9-10H2,1H3. The van der Waals surface area contributed by atoms with Crippen molar-refractivity contribution in [3.8, 4) is 0 Å². The zero-order valence-corrected chi connectivity index (χ0v) is 11.3. The van der Waals surface area contributed by atoms with E-state index in [0.29, 0.717) is 5.56 Å². The Morgan fingerprint density at radius 2 is 1.89 bits per heavy atom. The maximum absolute atomic E-state index is 11.9. The summed E-state index contributed by atoms with van der Waals surface area (Å²) >= 11 is 0. The first-order valence-corrected chi connectivity index (χ1v) is 7.14. The Bertz CT molecular complexity index is 644. The largest absolute Gasteiger partial charge is 0.392 e. The van der Waals surface area contributed by atoms with Crippen molar-refractivity contribution in [3.05, 3.63) is 53.9 Å². The van der Waals surface area contributed by atoms with Gasteiger partial charge < -0.3 is 9.67 Å². The lowest BCUT2D eigenvalue weighted by atomic mass is 10.2. The summed E-state index contributed by atoms with van der Waals surface area (Å²) in [5.74, 6) is 0. The van der Waals surface area contributed by atoms with Crippen molar-refractivity contribution in [2.75, 3.05) is 0 Å². The molecule has 0 atom stereocenters. The highest BCUT2D eigenvalue weighted by atomic mass is 32.2. The number of rotatable bonds is 5. The highest BCUT2D eigenvalue weighted by Gasteiger charge is 2.14. The fourth-order valence-electron chi connectivity index (χ4n) is 1.57. The fourth-order valence-corrected chi connectivity index (χ4v) is 2.43. The van der Waals surface area contributed by atoms with Gasteiger partial charge in [-0.3, -0.25) is 0 Å². The first-order chi connectivity index (χ1) is 9.01. The van der Waals surface area contributed by atoms with Crippen LogP contribution in [-0.4, -0.2) is 18.1 Å². The van der Waals surface area contributed by atoms with Gasteiger partial charge in [-0.15, -0.1) is 0 Å². The second kappa shape index (κ2) is 5.56. The third-order valence-electron chi connectivity index (χ3n) is 2.66. The zero-order valence-electron chi connectivity index (χ0n) is 10.5. The minimum atomic E-state index is -3.76. The smallest absolute Gasteiger partial charge is 0.298 e. The Labute approximate surface area is 112 Å².